The summed E-state index contributed by atoms with van der Waals surface area (Å²) in [6.07, 6.45) is 8.42. The van der Waals surface area contributed by atoms with Crippen molar-refractivity contribution >= 4 is 18.0 Å². The number of hydrogen-bond acceptors (Lipinski definition) is 9. The van der Waals surface area contributed by atoms with Gasteiger partial charge in [0.25, 0.3) is 0 Å². The minimum Gasteiger partial charge on any atom is -0.493 e. The Kier molecular flexibility index (Phi) is 9.99. The van der Waals surface area contributed by atoms with Gasteiger partial charge in [0, 0.05) is 18.4 Å². The number of methoxy groups -OCH3 is 4. The zero-order valence-corrected chi connectivity index (χ0v) is 28.7. The summed E-state index contributed by atoms with van der Waals surface area (Å²) < 4.78 is 31.3. The number of esters is 2. The van der Waals surface area contributed by atoms with E-state index in [9.17, 15) is 14.4 Å². The van der Waals surface area contributed by atoms with Crippen molar-refractivity contribution in [2.45, 2.75) is 77.7 Å². The molecule has 2 unspecified atom stereocenters. The number of carbonyl (C=O) groups excluding carboxylic acids is 3. The zero-order chi connectivity index (χ0) is 34.0. The second-order valence-electron chi connectivity index (χ2n) is 14.7. The molecule has 1 aliphatic heterocycles. The summed E-state index contributed by atoms with van der Waals surface area (Å²) in [4.78, 5) is 35.2. The highest BCUT2D eigenvalue weighted by molar-refractivity contribution is 5.75. The van der Waals surface area contributed by atoms with Gasteiger partial charge < -0.3 is 33.7 Å². The van der Waals surface area contributed by atoms with Gasteiger partial charge in [0.05, 0.1) is 41.0 Å². The van der Waals surface area contributed by atoms with Crippen LogP contribution in [-0.2, 0) is 31.9 Å². The summed E-state index contributed by atoms with van der Waals surface area (Å²) in [5, 5.41) is 3.16. The first-order chi connectivity index (χ1) is 22.3. The predicted molar refractivity (Wildman–Crippen MR) is 175 cm³/mol. The number of alkyl carbamates (subject to hydrolysis) is 1. The Morgan fingerprint density at radius 1 is 0.809 bits per heavy atom. The number of cyclic esters (lactones) is 1. The van der Waals surface area contributed by atoms with E-state index in [1.54, 1.807) is 26.4 Å². The van der Waals surface area contributed by atoms with Gasteiger partial charge in [-0.15, -0.1) is 0 Å². The second-order valence-corrected chi connectivity index (χ2v) is 14.7. The van der Waals surface area contributed by atoms with Crippen LogP contribution >= 0.6 is 0 Å². The highest BCUT2D eigenvalue weighted by atomic mass is 16.6. The van der Waals surface area contributed by atoms with Crippen LogP contribution in [0.25, 0.3) is 0 Å². The number of hydrogen-bond donors (Lipinski definition) is 1. The Balaban J connectivity index is 0.000000214. The fraction of sp³-hybridized carbons (Fsp3) is 0.595. The molecular formula is C37H49NO9. The minimum atomic E-state index is -0.421. The van der Waals surface area contributed by atoms with E-state index in [0.717, 1.165) is 36.3 Å². The molecule has 256 valence electrons. The average Bonchev–Trinajstić information content (AvgIpc) is 3.33. The molecule has 47 heavy (non-hydrogen) atoms. The third-order valence-electron chi connectivity index (χ3n) is 10.4. The van der Waals surface area contributed by atoms with E-state index >= 15 is 0 Å². The Bertz CT molecular complexity index is 1470. The first-order valence-corrected chi connectivity index (χ1v) is 16.4. The van der Waals surface area contributed by atoms with Gasteiger partial charge in [0.15, 0.2) is 23.0 Å². The first-order valence-electron chi connectivity index (χ1n) is 16.4. The quantitative estimate of drug-likeness (QED) is 0.246. The Labute approximate surface area is 277 Å². The topological polar surface area (TPSA) is 119 Å². The van der Waals surface area contributed by atoms with Crippen LogP contribution in [0.5, 0.6) is 23.0 Å². The summed E-state index contributed by atoms with van der Waals surface area (Å²) in [5.41, 5.74) is 2.85. The lowest BCUT2D eigenvalue weighted by molar-refractivity contribution is -0.141. The number of rotatable bonds is 9. The standard InChI is InChI=1S/C23H26O7.C14H23NO2/c1-14(24)30-20-8-6-16(12-22(20)28-4)10-18-17(13-29-23(18)25)9-15-5-7-19(26-2)21(11-15)27-3;1-12-4-10-5-13(2,7-12)9-14(6-10,8-12)15-11(16)17-3/h5-8,11-12,17-18H,9-10,13H2,1-4H3;10H,4-9H2,1-3H3,(H,15,16)/t17-,18+;/m0./s1. The van der Waals surface area contributed by atoms with Gasteiger partial charge in [-0.05, 0) is 104 Å². The Morgan fingerprint density at radius 3 is 1.94 bits per heavy atom. The summed E-state index contributed by atoms with van der Waals surface area (Å²) in [6.45, 7) is 6.52. The Hall–Kier alpha value is -3.95. The molecule has 4 bridgehead atoms. The van der Waals surface area contributed by atoms with Gasteiger partial charge >= 0.3 is 18.0 Å². The van der Waals surface area contributed by atoms with Crippen molar-refractivity contribution in [2.75, 3.05) is 35.0 Å². The van der Waals surface area contributed by atoms with Gasteiger partial charge in [0.1, 0.15) is 0 Å². The smallest absolute Gasteiger partial charge is 0.407 e. The molecule has 5 aliphatic rings. The van der Waals surface area contributed by atoms with Crippen LogP contribution in [-0.4, -0.2) is 58.6 Å². The molecule has 0 spiro atoms. The molecule has 1 N–H and O–H groups in total. The van der Waals surface area contributed by atoms with Gasteiger partial charge in [-0.2, -0.15) is 0 Å². The predicted octanol–water partition coefficient (Wildman–Crippen LogP) is 6.30. The molecule has 4 saturated carbocycles. The number of benzene rings is 2. The van der Waals surface area contributed by atoms with E-state index in [1.807, 2.05) is 24.3 Å². The zero-order valence-electron chi connectivity index (χ0n) is 28.7. The summed E-state index contributed by atoms with van der Waals surface area (Å²) >= 11 is 0. The van der Waals surface area contributed by atoms with Crippen molar-refractivity contribution in [3.8, 4) is 23.0 Å². The van der Waals surface area contributed by atoms with Crippen LogP contribution in [0, 0.1) is 28.6 Å². The molecule has 10 heteroatoms. The molecular weight excluding hydrogens is 602 g/mol. The first kappa shape index (κ1) is 34.4. The average molecular weight is 652 g/mol. The molecule has 7 rings (SSSR count). The highest BCUT2D eigenvalue weighted by Gasteiger charge is 2.60. The lowest BCUT2D eigenvalue weighted by Crippen LogP contribution is -2.65. The minimum absolute atomic E-state index is 0.0238. The van der Waals surface area contributed by atoms with E-state index in [-0.39, 0.29) is 29.4 Å². The summed E-state index contributed by atoms with van der Waals surface area (Å²) in [7, 11) is 6.16. The number of ether oxygens (including phenoxy) is 6. The SMILES string of the molecule is COC(=O)NC12CC3CC(C)(CC(C)(C3)C1)C2.COc1ccc(C[C@H]2COC(=O)[C@@H]2Cc2ccc(OC(C)=O)c(OC)c2)cc1OC. The molecule has 5 fully saturated rings. The molecule has 1 heterocycles. The van der Waals surface area contributed by atoms with Crippen molar-refractivity contribution < 1.29 is 42.8 Å². The molecule has 4 atom stereocenters. The fourth-order valence-corrected chi connectivity index (χ4v) is 9.55. The van der Waals surface area contributed by atoms with Crippen molar-refractivity contribution in [3.63, 3.8) is 0 Å². The Morgan fingerprint density at radius 2 is 1.38 bits per heavy atom. The van der Waals surface area contributed by atoms with Crippen molar-refractivity contribution in [2.24, 2.45) is 28.6 Å². The van der Waals surface area contributed by atoms with Crippen molar-refractivity contribution in [3.05, 3.63) is 47.5 Å². The van der Waals surface area contributed by atoms with Crippen LogP contribution < -0.4 is 24.3 Å². The molecule has 1 saturated heterocycles. The molecule has 1 amide bonds. The third kappa shape index (κ3) is 7.79. The number of carbonyl (C=O) groups is 3. The molecule has 10 nitrogen and oxygen atoms in total. The van der Waals surface area contributed by atoms with E-state index in [4.69, 9.17) is 28.4 Å². The lowest BCUT2D eigenvalue weighted by atomic mass is 9.43. The molecule has 2 aromatic carbocycles. The maximum Gasteiger partial charge on any atom is 0.407 e. The normalized spacial score (nSPS) is 30.0. The number of amides is 1. The fourth-order valence-electron chi connectivity index (χ4n) is 9.55. The van der Waals surface area contributed by atoms with E-state index in [0.29, 0.717) is 53.3 Å². The molecule has 0 radical (unpaired) electrons. The molecule has 0 aromatic heterocycles. The maximum absolute atomic E-state index is 12.4. The monoisotopic (exact) mass is 651 g/mol. The van der Waals surface area contributed by atoms with E-state index < -0.39 is 5.97 Å². The van der Waals surface area contributed by atoms with E-state index in [2.05, 4.69) is 19.2 Å². The molecule has 4 aliphatic carbocycles. The van der Waals surface area contributed by atoms with Crippen LogP contribution in [0.2, 0.25) is 0 Å². The maximum atomic E-state index is 12.4. The summed E-state index contributed by atoms with van der Waals surface area (Å²) in [5.74, 6) is 2.06. The van der Waals surface area contributed by atoms with Crippen LogP contribution in [0.1, 0.15) is 70.4 Å². The summed E-state index contributed by atoms with van der Waals surface area (Å²) in [6, 6.07) is 11.1. The van der Waals surface area contributed by atoms with Crippen molar-refractivity contribution in [1.29, 1.82) is 0 Å². The van der Waals surface area contributed by atoms with Gasteiger partial charge in [-0.1, -0.05) is 26.0 Å². The van der Waals surface area contributed by atoms with Gasteiger partial charge in [0.2, 0.25) is 0 Å². The molecule has 2 aromatic rings. The van der Waals surface area contributed by atoms with Crippen LogP contribution in [0.3, 0.4) is 0 Å². The van der Waals surface area contributed by atoms with E-state index in [1.165, 1.54) is 40.4 Å². The van der Waals surface area contributed by atoms with Crippen LogP contribution in [0.15, 0.2) is 36.4 Å². The number of nitrogens with one attached hydrogen (secondary N) is 1. The van der Waals surface area contributed by atoms with Crippen LogP contribution in [0.4, 0.5) is 4.79 Å². The second kappa shape index (κ2) is 13.6. The van der Waals surface area contributed by atoms with Gasteiger partial charge in [-0.3, -0.25) is 9.59 Å². The third-order valence-corrected chi connectivity index (χ3v) is 10.4. The van der Waals surface area contributed by atoms with Crippen molar-refractivity contribution in [1.82, 2.24) is 5.32 Å². The largest absolute Gasteiger partial charge is 0.493 e. The van der Waals surface area contributed by atoms with Gasteiger partial charge in [-0.25, -0.2) is 4.79 Å². The lowest BCUT2D eigenvalue weighted by Gasteiger charge is -2.65. The highest BCUT2D eigenvalue weighted by Crippen LogP contribution is 2.66.